The lowest BCUT2D eigenvalue weighted by Crippen LogP contribution is -2.00. The average Bonchev–Trinajstić information content (AvgIpc) is 2.43. The smallest absolute Gasteiger partial charge is 0.331 e. The van der Waals surface area contributed by atoms with Crippen molar-refractivity contribution in [2.75, 3.05) is 6.61 Å². The van der Waals surface area contributed by atoms with Crippen LogP contribution in [0.25, 0.3) is 0 Å². The number of carbonyl (C=O) groups is 2. The van der Waals surface area contributed by atoms with Crippen LogP contribution in [-0.2, 0) is 14.3 Å². The van der Waals surface area contributed by atoms with E-state index in [1.807, 2.05) is 13.0 Å². The predicted molar refractivity (Wildman–Crippen MR) is 81.6 cm³/mol. The Labute approximate surface area is 122 Å². The summed E-state index contributed by atoms with van der Waals surface area (Å²) in [5.41, 5.74) is 0.582. The molecule has 0 unspecified atom stereocenters. The first-order valence-corrected chi connectivity index (χ1v) is 7.24. The summed E-state index contributed by atoms with van der Waals surface area (Å²) in [7, 11) is 0. The van der Waals surface area contributed by atoms with Crippen LogP contribution in [0.2, 0.25) is 0 Å². The lowest BCUT2D eigenvalue weighted by molar-refractivity contribution is -0.137. The normalized spacial score (nSPS) is 10.2. The van der Waals surface area contributed by atoms with Crippen LogP contribution < -0.4 is 0 Å². The van der Waals surface area contributed by atoms with Crippen molar-refractivity contribution in [2.24, 2.45) is 0 Å². The standard InChI is InChI=1S/C11H20O2.C5H8O2/c1-3-5-6-7-9-10(8-4-2)11(12)13;1-3-5(6)7-4-2/h8H,3-7,9H2,1-2H3,(H,12,13);3H,1,4H2,2H3. The van der Waals surface area contributed by atoms with E-state index in [9.17, 15) is 9.59 Å². The average molecular weight is 284 g/mol. The molecule has 1 N–H and O–H groups in total. The van der Waals surface area contributed by atoms with Gasteiger partial charge in [0.2, 0.25) is 0 Å². The van der Waals surface area contributed by atoms with E-state index in [1.54, 1.807) is 6.92 Å². The van der Waals surface area contributed by atoms with Crippen LogP contribution in [0.4, 0.5) is 0 Å². The highest BCUT2D eigenvalue weighted by atomic mass is 16.5. The number of carboxylic acids is 1. The van der Waals surface area contributed by atoms with Gasteiger partial charge in [0, 0.05) is 11.6 Å². The van der Waals surface area contributed by atoms with Crippen LogP contribution in [-0.4, -0.2) is 23.7 Å². The molecule has 0 amide bonds. The van der Waals surface area contributed by atoms with E-state index in [-0.39, 0.29) is 5.97 Å². The molecule has 0 aliphatic rings. The summed E-state index contributed by atoms with van der Waals surface area (Å²) in [6.07, 6.45) is 9.05. The van der Waals surface area contributed by atoms with Crippen LogP contribution >= 0.6 is 0 Å². The van der Waals surface area contributed by atoms with Gasteiger partial charge >= 0.3 is 11.9 Å². The highest BCUT2D eigenvalue weighted by Gasteiger charge is 2.04. The number of unbranched alkanes of at least 4 members (excludes halogenated alkanes) is 3. The number of allylic oxidation sites excluding steroid dienone is 1. The highest BCUT2D eigenvalue weighted by Crippen LogP contribution is 2.10. The molecule has 0 radical (unpaired) electrons. The second kappa shape index (κ2) is 15.5. The molecule has 0 aromatic rings. The number of ether oxygens (including phenoxy) is 1. The van der Waals surface area contributed by atoms with Crippen molar-refractivity contribution in [1.29, 1.82) is 0 Å². The molecule has 0 aliphatic carbocycles. The van der Waals surface area contributed by atoms with E-state index in [0.29, 0.717) is 12.2 Å². The fourth-order valence-electron chi connectivity index (χ4n) is 1.49. The van der Waals surface area contributed by atoms with Gasteiger partial charge in [0.15, 0.2) is 0 Å². The summed E-state index contributed by atoms with van der Waals surface area (Å²) < 4.78 is 4.43. The molecule has 0 aliphatic heterocycles. The fourth-order valence-corrected chi connectivity index (χ4v) is 1.49. The Balaban J connectivity index is 0. The van der Waals surface area contributed by atoms with Crippen molar-refractivity contribution >= 4 is 11.9 Å². The van der Waals surface area contributed by atoms with Crippen LogP contribution in [0.5, 0.6) is 0 Å². The first-order chi connectivity index (χ1) is 9.53. The number of carbonyl (C=O) groups excluding carboxylic acids is 1. The van der Waals surface area contributed by atoms with Crippen molar-refractivity contribution in [3.63, 3.8) is 0 Å². The second-order valence-electron chi connectivity index (χ2n) is 4.21. The molecule has 4 nitrogen and oxygen atoms in total. The molecule has 0 rings (SSSR count). The number of aliphatic carboxylic acids is 1. The van der Waals surface area contributed by atoms with Gasteiger partial charge in [0.1, 0.15) is 0 Å². The summed E-state index contributed by atoms with van der Waals surface area (Å²) in [5.74, 6) is -1.11. The Kier molecular flexibility index (Phi) is 16.0. The van der Waals surface area contributed by atoms with E-state index in [1.165, 1.54) is 12.8 Å². The maximum Gasteiger partial charge on any atom is 0.331 e. The maximum absolute atomic E-state index is 10.7. The van der Waals surface area contributed by atoms with Crippen LogP contribution in [0.3, 0.4) is 0 Å². The molecule has 20 heavy (non-hydrogen) atoms. The predicted octanol–water partition coefficient (Wildman–Crippen LogP) is 4.11. The SMILES string of the molecule is C=CC(=O)OCC.CCC=C(CCCCCC)C(=O)O. The van der Waals surface area contributed by atoms with Gasteiger partial charge < -0.3 is 9.84 Å². The van der Waals surface area contributed by atoms with E-state index < -0.39 is 5.97 Å². The van der Waals surface area contributed by atoms with E-state index >= 15 is 0 Å². The second-order valence-corrected chi connectivity index (χ2v) is 4.21. The summed E-state index contributed by atoms with van der Waals surface area (Å²) in [6, 6.07) is 0. The van der Waals surface area contributed by atoms with Gasteiger partial charge in [0.05, 0.1) is 6.61 Å². The van der Waals surface area contributed by atoms with Crippen molar-refractivity contribution in [3.05, 3.63) is 24.3 Å². The highest BCUT2D eigenvalue weighted by molar-refractivity contribution is 5.86. The lowest BCUT2D eigenvalue weighted by atomic mass is 10.1. The number of hydrogen-bond donors (Lipinski definition) is 1. The number of rotatable bonds is 9. The third kappa shape index (κ3) is 14.5. The summed E-state index contributed by atoms with van der Waals surface area (Å²) in [5, 5.41) is 8.79. The summed E-state index contributed by atoms with van der Waals surface area (Å²) in [4.78, 5) is 20.8. The van der Waals surface area contributed by atoms with Crippen molar-refractivity contribution in [3.8, 4) is 0 Å². The van der Waals surface area contributed by atoms with E-state index in [4.69, 9.17) is 5.11 Å². The molecule has 0 aromatic carbocycles. The maximum atomic E-state index is 10.7. The molecule has 0 saturated heterocycles. The van der Waals surface area contributed by atoms with Crippen molar-refractivity contribution < 1.29 is 19.4 Å². The van der Waals surface area contributed by atoms with Gasteiger partial charge in [-0.1, -0.05) is 45.8 Å². The molecular weight excluding hydrogens is 256 g/mol. The lowest BCUT2D eigenvalue weighted by Gasteiger charge is -2.01. The van der Waals surface area contributed by atoms with Crippen molar-refractivity contribution in [2.45, 2.75) is 59.3 Å². The molecule has 0 aromatic heterocycles. The van der Waals surface area contributed by atoms with Crippen molar-refractivity contribution in [1.82, 2.24) is 0 Å². The Morgan fingerprint density at radius 1 is 1.15 bits per heavy atom. The minimum Gasteiger partial charge on any atom is -0.478 e. The van der Waals surface area contributed by atoms with Gasteiger partial charge in [0.25, 0.3) is 0 Å². The largest absolute Gasteiger partial charge is 0.478 e. The van der Waals surface area contributed by atoms with Gasteiger partial charge in [-0.25, -0.2) is 9.59 Å². The van der Waals surface area contributed by atoms with E-state index in [0.717, 1.165) is 31.8 Å². The fraction of sp³-hybridized carbons (Fsp3) is 0.625. The number of hydrogen-bond acceptors (Lipinski definition) is 3. The molecule has 0 atom stereocenters. The van der Waals surface area contributed by atoms with Crippen LogP contribution in [0, 0.1) is 0 Å². The quantitative estimate of drug-likeness (QED) is 0.393. The third-order valence-corrected chi connectivity index (χ3v) is 2.48. The molecule has 0 bridgehead atoms. The van der Waals surface area contributed by atoms with Gasteiger partial charge in [-0.15, -0.1) is 0 Å². The number of carboxylic acid groups (broad SMARTS) is 1. The van der Waals surface area contributed by atoms with Gasteiger partial charge in [-0.2, -0.15) is 0 Å². The first kappa shape index (κ1) is 20.7. The minimum absolute atomic E-state index is 0.359. The zero-order valence-electron chi connectivity index (χ0n) is 13.0. The molecule has 116 valence electrons. The third-order valence-electron chi connectivity index (χ3n) is 2.48. The summed E-state index contributed by atoms with van der Waals surface area (Å²) >= 11 is 0. The molecule has 0 heterocycles. The van der Waals surface area contributed by atoms with E-state index in [2.05, 4.69) is 18.2 Å². The number of esters is 1. The Morgan fingerprint density at radius 2 is 1.80 bits per heavy atom. The molecule has 4 heteroatoms. The van der Waals surface area contributed by atoms with Crippen LogP contribution in [0.1, 0.15) is 59.3 Å². The molecule has 0 saturated carbocycles. The Morgan fingerprint density at radius 3 is 2.15 bits per heavy atom. The van der Waals surface area contributed by atoms with Crippen LogP contribution in [0.15, 0.2) is 24.3 Å². The molecular formula is C16H28O4. The Bertz CT molecular complexity index is 306. The first-order valence-electron chi connectivity index (χ1n) is 7.24. The molecule has 0 fully saturated rings. The zero-order chi connectivity index (χ0) is 15.8. The minimum atomic E-state index is -0.752. The summed E-state index contributed by atoms with van der Waals surface area (Å²) in [6.45, 7) is 9.50. The molecule has 0 spiro atoms. The van der Waals surface area contributed by atoms with Gasteiger partial charge in [-0.3, -0.25) is 0 Å². The van der Waals surface area contributed by atoms with Gasteiger partial charge in [-0.05, 0) is 26.2 Å². The topological polar surface area (TPSA) is 63.6 Å². The Hall–Kier alpha value is -1.58. The zero-order valence-corrected chi connectivity index (χ0v) is 13.0. The monoisotopic (exact) mass is 284 g/mol.